The Labute approximate surface area is 133 Å². The Kier molecular flexibility index (Phi) is 5.52. The molecule has 1 heterocycles. The molecular formula is C18H16O5. The van der Waals surface area contributed by atoms with Crippen molar-refractivity contribution in [2.75, 3.05) is 7.11 Å². The lowest BCUT2D eigenvalue weighted by molar-refractivity contribution is -0.121. The van der Waals surface area contributed by atoms with E-state index in [4.69, 9.17) is 9.15 Å². The molecule has 1 N–H and O–H groups in total. The number of benzene rings is 1. The van der Waals surface area contributed by atoms with Crippen LogP contribution in [0.25, 0.3) is 12.2 Å². The van der Waals surface area contributed by atoms with Gasteiger partial charge in [-0.05, 0) is 48.1 Å². The van der Waals surface area contributed by atoms with Crippen molar-refractivity contribution >= 4 is 23.7 Å². The van der Waals surface area contributed by atoms with E-state index < -0.39 is 0 Å². The minimum atomic E-state index is -0.325. The van der Waals surface area contributed by atoms with E-state index in [1.54, 1.807) is 24.3 Å². The summed E-state index contributed by atoms with van der Waals surface area (Å²) in [7, 11) is 1.45. The van der Waals surface area contributed by atoms with Gasteiger partial charge in [0.15, 0.2) is 23.1 Å². The third-order valence-corrected chi connectivity index (χ3v) is 2.99. The van der Waals surface area contributed by atoms with Crippen LogP contribution in [0.1, 0.15) is 17.7 Å². The number of carbonyl (C=O) groups is 2. The highest BCUT2D eigenvalue weighted by atomic mass is 16.5. The normalized spacial score (nSPS) is 11.2. The van der Waals surface area contributed by atoms with Gasteiger partial charge in [0, 0.05) is 0 Å². The number of aromatic hydroxyl groups is 1. The highest BCUT2D eigenvalue weighted by Crippen LogP contribution is 2.26. The SMILES string of the molecule is COc1ccc(/C=C/C(=O)CC(=O)/C=C/c2ccco2)cc1O. The van der Waals surface area contributed by atoms with E-state index in [0.717, 1.165) is 0 Å². The summed E-state index contributed by atoms with van der Waals surface area (Å²) in [4.78, 5) is 23.4. The Morgan fingerprint density at radius 2 is 1.91 bits per heavy atom. The molecule has 0 spiro atoms. The summed E-state index contributed by atoms with van der Waals surface area (Å²) in [6, 6.07) is 8.18. The van der Waals surface area contributed by atoms with Crippen molar-refractivity contribution in [2.45, 2.75) is 6.42 Å². The first-order valence-electron chi connectivity index (χ1n) is 6.91. The van der Waals surface area contributed by atoms with Gasteiger partial charge in [-0.3, -0.25) is 9.59 Å². The van der Waals surface area contributed by atoms with Crippen molar-refractivity contribution in [1.82, 2.24) is 0 Å². The molecule has 0 bridgehead atoms. The molecule has 0 amide bonds. The molecule has 0 aliphatic rings. The van der Waals surface area contributed by atoms with Gasteiger partial charge in [0.1, 0.15) is 5.76 Å². The average molecular weight is 312 g/mol. The summed E-state index contributed by atoms with van der Waals surface area (Å²) in [5.74, 6) is 0.254. The molecule has 0 saturated carbocycles. The van der Waals surface area contributed by atoms with Crippen molar-refractivity contribution in [3.63, 3.8) is 0 Å². The van der Waals surface area contributed by atoms with Crippen LogP contribution in [0.4, 0.5) is 0 Å². The van der Waals surface area contributed by atoms with Gasteiger partial charge in [-0.2, -0.15) is 0 Å². The van der Waals surface area contributed by atoms with Crippen LogP contribution in [-0.2, 0) is 9.59 Å². The van der Waals surface area contributed by atoms with Gasteiger partial charge >= 0.3 is 0 Å². The molecule has 0 aliphatic carbocycles. The van der Waals surface area contributed by atoms with E-state index in [2.05, 4.69) is 0 Å². The van der Waals surface area contributed by atoms with Gasteiger partial charge in [0.2, 0.25) is 0 Å². The number of phenolic OH excluding ortho intramolecular Hbond substituents is 1. The second-order valence-corrected chi connectivity index (χ2v) is 4.72. The summed E-state index contributed by atoms with van der Waals surface area (Å²) >= 11 is 0. The average Bonchev–Trinajstić information content (AvgIpc) is 3.04. The van der Waals surface area contributed by atoms with Crippen molar-refractivity contribution in [3.05, 3.63) is 60.1 Å². The number of carbonyl (C=O) groups excluding carboxylic acids is 2. The summed E-state index contributed by atoms with van der Waals surface area (Å²) in [6.07, 6.45) is 6.94. The quantitative estimate of drug-likeness (QED) is 0.627. The highest BCUT2D eigenvalue weighted by Gasteiger charge is 2.05. The molecule has 0 unspecified atom stereocenters. The zero-order valence-corrected chi connectivity index (χ0v) is 12.6. The van der Waals surface area contributed by atoms with E-state index >= 15 is 0 Å². The molecule has 0 atom stereocenters. The third-order valence-electron chi connectivity index (χ3n) is 2.99. The summed E-state index contributed by atoms with van der Waals surface area (Å²) < 4.78 is 9.99. The minimum absolute atomic E-state index is 0.0143. The number of allylic oxidation sites excluding steroid dienone is 2. The molecule has 2 aromatic rings. The number of phenols is 1. The van der Waals surface area contributed by atoms with E-state index in [0.29, 0.717) is 17.1 Å². The van der Waals surface area contributed by atoms with Crippen LogP contribution < -0.4 is 4.74 Å². The van der Waals surface area contributed by atoms with Crippen LogP contribution >= 0.6 is 0 Å². The number of hydrogen-bond donors (Lipinski definition) is 1. The summed E-state index contributed by atoms with van der Waals surface area (Å²) in [5.41, 5.74) is 0.634. The van der Waals surface area contributed by atoms with Gasteiger partial charge in [-0.15, -0.1) is 0 Å². The maximum absolute atomic E-state index is 11.7. The Hall–Kier alpha value is -3.08. The van der Waals surface area contributed by atoms with Crippen molar-refractivity contribution in [3.8, 4) is 11.5 Å². The van der Waals surface area contributed by atoms with E-state index in [-0.39, 0.29) is 23.7 Å². The van der Waals surface area contributed by atoms with Gasteiger partial charge in [0.25, 0.3) is 0 Å². The molecule has 5 heteroatoms. The number of ketones is 2. The number of methoxy groups -OCH3 is 1. The summed E-state index contributed by atoms with van der Waals surface area (Å²) in [6.45, 7) is 0. The van der Waals surface area contributed by atoms with Crippen molar-refractivity contribution < 1.29 is 23.8 Å². The van der Waals surface area contributed by atoms with Crippen LogP contribution in [-0.4, -0.2) is 23.8 Å². The second-order valence-electron chi connectivity index (χ2n) is 4.72. The topological polar surface area (TPSA) is 76.7 Å². The van der Waals surface area contributed by atoms with Crippen LogP contribution in [0.3, 0.4) is 0 Å². The molecule has 0 saturated heterocycles. The number of hydrogen-bond acceptors (Lipinski definition) is 5. The maximum atomic E-state index is 11.7. The molecule has 0 fully saturated rings. The Morgan fingerprint density at radius 3 is 2.52 bits per heavy atom. The number of ether oxygens (including phenoxy) is 1. The van der Waals surface area contributed by atoms with Crippen LogP contribution in [0, 0.1) is 0 Å². The molecular weight excluding hydrogens is 296 g/mol. The van der Waals surface area contributed by atoms with Crippen LogP contribution in [0.2, 0.25) is 0 Å². The Bertz CT molecular complexity index is 739. The fourth-order valence-corrected chi connectivity index (χ4v) is 1.85. The predicted molar refractivity (Wildman–Crippen MR) is 86.1 cm³/mol. The first-order valence-corrected chi connectivity index (χ1v) is 6.91. The third kappa shape index (κ3) is 5.00. The Balaban J connectivity index is 1.91. The lowest BCUT2D eigenvalue weighted by Crippen LogP contribution is -2.01. The maximum Gasteiger partial charge on any atom is 0.163 e. The van der Waals surface area contributed by atoms with E-state index in [9.17, 15) is 14.7 Å². The summed E-state index contributed by atoms with van der Waals surface area (Å²) in [5, 5.41) is 9.65. The standard InChI is InChI=1S/C18H16O5/c1-22-18-9-5-13(11-17(18)21)4-6-14(19)12-15(20)7-8-16-3-2-10-23-16/h2-11,21H,12H2,1H3/b6-4+,8-7+. The fraction of sp³-hybridized carbons (Fsp3) is 0.111. The predicted octanol–water partition coefficient (Wildman–Crippen LogP) is 3.25. The smallest absolute Gasteiger partial charge is 0.163 e. The van der Waals surface area contributed by atoms with Gasteiger partial charge in [-0.1, -0.05) is 12.1 Å². The molecule has 23 heavy (non-hydrogen) atoms. The van der Waals surface area contributed by atoms with E-state index in [1.807, 2.05) is 0 Å². The largest absolute Gasteiger partial charge is 0.504 e. The second kappa shape index (κ2) is 7.79. The Morgan fingerprint density at radius 1 is 1.17 bits per heavy atom. The number of rotatable bonds is 7. The first kappa shape index (κ1) is 16.3. The zero-order valence-electron chi connectivity index (χ0n) is 12.6. The van der Waals surface area contributed by atoms with Gasteiger partial charge in [0.05, 0.1) is 19.8 Å². The van der Waals surface area contributed by atoms with E-state index in [1.165, 1.54) is 43.7 Å². The monoisotopic (exact) mass is 312 g/mol. The molecule has 2 rings (SSSR count). The fourth-order valence-electron chi connectivity index (χ4n) is 1.85. The molecule has 1 aromatic carbocycles. The molecule has 0 radical (unpaired) electrons. The van der Waals surface area contributed by atoms with Crippen molar-refractivity contribution in [2.24, 2.45) is 0 Å². The number of furan rings is 1. The van der Waals surface area contributed by atoms with Gasteiger partial charge in [-0.25, -0.2) is 0 Å². The molecule has 118 valence electrons. The lowest BCUT2D eigenvalue weighted by Gasteiger charge is -2.03. The molecule has 0 aliphatic heterocycles. The van der Waals surface area contributed by atoms with Crippen molar-refractivity contribution in [1.29, 1.82) is 0 Å². The minimum Gasteiger partial charge on any atom is -0.504 e. The zero-order chi connectivity index (χ0) is 16.7. The molecule has 5 nitrogen and oxygen atoms in total. The lowest BCUT2D eigenvalue weighted by atomic mass is 10.1. The molecule has 1 aromatic heterocycles. The highest BCUT2D eigenvalue weighted by molar-refractivity contribution is 6.10. The van der Waals surface area contributed by atoms with Gasteiger partial charge < -0.3 is 14.3 Å². The van der Waals surface area contributed by atoms with Crippen LogP contribution in [0.5, 0.6) is 11.5 Å². The van der Waals surface area contributed by atoms with Crippen LogP contribution in [0.15, 0.2) is 53.2 Å². The first-order chi connectivity index (χ1) is 11.1.